The van der Waals surface area contributed by atoms with Gasteiger partial charge in [-0.3, -0.25) is 0 Å². The van der Waals surface area contributed by atoms with Crippen LogP contribution in [0.4, 0.5) is 8.78 Å². The summed E-state index contributed by atoms with van der Waals surface area (Å²) >= 11 is 0. The number of rotatable bonds is 2. The lowest BCUT2D eigenvalue weighted by molar-refractivity contribution is 0.0696. The zero-order valence-electron chi connectivity index (χ0n) is 9.92. The standard InChI is InChI=1S/C13H7F2N3O2/c14-8-2-1-3-9(15)12(8)10-6-16-11-4-7(13(19)20)5-17-18(10)11/h1-6H,(H,19,20). The van der Waals surface area contributed by atoms with Gasteiger partial charge in [-0.2, -0.15) is 5.10 Å². The number of imidazole rings is 1. The topological polar surface area (TPSA) is 67.5 Å². The summed E-state index contributed by atoms with van der Waals surface area (Å²) in [5, 5.41) is 12.7. The number of carboxylic acids is 1. The number of carboxylic acid groups (broad SMARTS) is 1. The number of hydrogen-bond acceptors (Lipinski definition) is 3. The van der Waals surface area contributed by atoms with Gasteiger partial charge in [-0.05, 0) is 18.2 Å². The predicted octanol–water partition coefficient (Wildman–Crippen LogP) is 2.37. The Hall–Kier alpha value is -2.83. The smallest absolute Gasteiger partial charge is 0.337 e. The Balaban J connectivity index is 2.26. The lowest BCUT2D eigenvalue weighted by atomic mass is 10.1. The fraction of sp³-hybridized carbons (Fsp3) is 0. The molecule has 0 fully saturated rings. The molecule has 5 nitrogen and oxygen atoms in total. The highest BCUT2D eigenvalue weighted by Gasteiger charge is 2.17. The van der Waals surface area contributed by atoms with Gasteiger partial charge in [0.2, 0.25) is 0 Å². The molecule has 1 aromatic carbocycles. The Bertz CT molecular complexity index is 809. The third kappa shape index (κ3) is 1.80. The van der Waals surface area contributed by atoms with E-state index in [-0.39, 0.29) is 22.5 Å². The molecule has 20 heavy (non-hydrogen) atoms. The molecule has 0 saturated heterocycles. The summed E-state index contributed by atoms with van der Waals surface area (Å²) in [5.74, 6) is -2.63. The molecule has 0 bridgehead atoms. The van der Waals surface area contributed by atoms with Crippen molar-refractivity contribution < 1.29 is 18.7 Å². The molecule has 2 aromatic heterocycles. The first kappa shape index (κ1) is 12.2. The van der Waals surface area contributed by atoms with E-state index in [4.69, 9.17) is 5.11 Å². The first-order valence-corrected chi connectivity index (χ1v) is 5.59. The largest absolute Gasteiger partial charge is 0.478 e. The molecule has 100 valence electrons. The van der Waals surface area contributed by atoms with Crippen molar-refractivity contribution in [3.8, 4) is 11.3 Å². The maximum atomic E-state index is 13.7. The van der Waals surface area contributed by atoms with E-state index in [1.807, 2.05) is 0 Å². The summed E-state index contributed by atoms with van der Waals surface area (Å²) in [4.78, 5) is 14.8. The number of halogens is 2. The van der Waals surface area contributed by atoms with Gasteiger partial charge in [0.05, 0.1) is 29.2 Å². The normalized spacial score (nSPS) is 10.9. The number of aromatic nitrogens is 3. The minimum atomic E-state index is -1.15. The van der Waals surface area contributed by atoms with Crippen LogP contribution in [0.25, 0.3) is 16.9 Å². The highest BCUT2D eigenvalue weighted by Crippen LogP contribution is 2.26. The minimum absolute atomic E-state index is 0.0522. The van der Waals surface area contributed by atoms with Gasteiger partial charge in [-0.15, -0.1) is 0 Å². The molecule has 0 unspecified atom stereocenters. The van der Waals surface area contributed by atoms with E-state index in [2.05, 4.69) is 10.1 Å². The Morgan fingerprint density at radius 2 is 1.90 bits per heavy atom. The molecule has 1 N–H and O–H groups in total. The minimum Gasteiger partial charge on any atom is -0.478 e. The van der Waals surface area contributed by atoms with Crippen molar-refractivity contribution in [2.75, 3.05) is 0 Å². The Labute approximate surface area is 111 Å². The highest BCUT2D eigenvalue weighted by atomic mass is 19.1. The van der Waals surface area contributed by atoms with Crippen molar-refractivity contribution in [1.82, 2.24) is 14.6 Å². The molecule has 0 aliphatic carbocycles. The van der Waals surface area contributed by atoms with Crippen molar-refractivity contribution in [2.45, 2.75) is 0 Å². The molecule has 0 aliphatic heterocycles. The van der Waals surface area contributed by atoms with E-state index in [0.717, 1.165) is 18.3 Å². The van der Waals surface area contributed by atoms with Crippen LogP contribution in [-0.4, -0.2) is 25.7 Å². The van der Waals surface area contributed by atoms with Gasteiger partial charge in [0.1, 0.15) is 11.6 Å². The van der Waals surface area contributed by atoms with E-state index >= 15 is 0 Å². The second-order valence-corrected chi connectivity index (χ2v) is 4.06. The number of hydrogen-bond donors (Lipinski definition) is 1. The zero-order chi connectivity index (χ0) is 14.3. The SMILES string of the molecule is O=C(O)c1cnn2c(-c3c(F)cccc3F)cnc2c1. The number of nitrogens with zero attached hydrogens (tertiary/aromatic N) is 3. The number of aromatic carboxylic acids is 1. The van der Waals surface area contributed by atoms with Crippen molar-refractivity contribution >= 4 is 11.6 Å². The second-order valence-electron chi connectivity index (χ2n) is 4.06. The van der Waals surface area contributed by atoms with Gasteiger partial charge in [0.25, 0.3) is 0 Å². The predicted molar refractivity (Wildman–Crippen MR) is 65.3 cm³/mol. The van der Waals surface area contributed by atoms with E-state index in [1.54, 1.807) is 0 Å². The molecule has 3 aromatic rings. The molecule has 0 spiro atoms. The van der Waals surface area contributed by atoms with Crippen molar-refractivity contribution in [3.63, 3.8) is 0 Å². The molecular formula is C13H7F2N3O2. The second kappa shape index (κ2) is 4.37. The van der Waals surface area contributed by atoms with Gasteiger partial charge in [0, 0.05) is 0 Å². The maximum Gasteiger partial charge on any atom is 0.337 e. The fourth-order valence-corrected chi connectivity index (χ4v) is 1.91. The van der Waals surface area contributed by atoms with Crippen LogP contribution in [0, 0.1) is 11.6 Å². The van der Waals surface area contributed by atoms with Crippen molar-refractivity contribution in [3.05, 3.63) is 53.9 Å². The molecule has 3 rings (SSSR count). The summed E-state index contributed by atoms with van der Waals surface area (Å²) in [7, 11) is 0. The molecule has 0 aliphatic rings. The molecular weight excluding hydrogens is 268 g/mol. The maximum absolute atomic E-state index is 13.7. The van der Waals surface area contributed by atoms with E-state index in [0.29, 0.717) is 0 Å². The lowest BCUT2D eigenvalue weighted by Crippen LogP contribution is -2.02. The molecule has 0 radical (unpaired) electrons. The van der Waals surface area contributed by atoms with Gasteiger partial charge in [-0.1, -0.05) is 6.07 Å². The van der Waals surface area contributed by atoms with E-state index in [9.17, 15) is 13.6 Å². The van der Waals surface area contributed by atoms with E-state index < -0.39 is 17.6 Å². The van der Waals surface area contributed by atoms with Gasteiger partial charge in [-0.25, -0.2) is 23.1 Å². The monoisotopic (exact) mass is 275 g/mol. The third-order valence-electron chi connectivity index (χ3n) is 2.83. The number of fused-ring (bicyclic) bond motifs is 1. The van der Waals surface area contributed by atoms with E-state index in [1.165, 1.54) is 22.8 Å². The molecule has 0 atom stereocenters. The average molecular weight is 275 g/mol. The fourth-order valence-electron chi connectivity index (χ4n) is 1.91. The van der Waals surface area contributed by atoms with Crippen LogP contribution >= 0.6 is 0 Å². The molecule has 7 heteroatoms. The summed E-state index contributed by atoms with van der Waals surface area (Å²) in [6.07, 6.45) is 2.34. The summed E-state index contributed by atoms with van der Waals surface area (Å²) in [6.45, 7) is 0. The third-order valence-corrected chi connectivity index (χ3v) is 2.83. The molecule has 2 heterocycles. The first-order chi connectivity index (χ1) is 9.58. The Morgan fingerprint density at radius 3 is 2.55 bits per heavy atom. The molecule has 0 saturated carbocycles. The number of carbonyl (C=O) groups is 1. The number of benzene rings is 1. The van der Waals surface area contributed by atoms with Crippen molar-refractivity contribution in [2.24, 2.45) is 0 Å². The Morgan fingerprint density at radius 1 is 1.20 bits per heavy atom. The van der Waals surface area contributed by atoms with Crippen LogP contribution in [0.2, 0.25) is 0 Å². The summed E-state index contributed by atoms with van der Waals surface area (Å²) in [5.41, 5.74) is 0.00863. The molecule has 0 amide bonds. The van der Waals surface area contributed by atoms with Gasteiger partial charge >= 0.3 is 5.97 Å². The first-order valence-electron chi connectivity index (χ1n) is 5.59. The average Bonchev–Trinajstić information content (AvgIpc) is 2.81. The van der Waals surface area contributed by atoms with Crippen LogP contribution in [-0.2, 0) is 0 Å². The van der Waals surface area contributed by atoms with Crippen LogP contribution in [0.5, 0.6) is 0 Å². The highest BCUT2D eigenvalue weighted by molar-refractivity contribution is 5.88. The Kier molecular flexibility index (Phi) is 2.67. The van der Waals surface area contributed by atoms with Crippen molar-refractivity contribution in [1.29, 1.82) is 0 Å². The van der Waals surface area contributed by atoms with Gasteiger partial charge in [0.15, 0.2) is 5.65 Å². The van der Waals surface area contributed by atoms with Crippen LogP contribution < -0.4 is 0 Å². The van der Waals surface area contributed by atoms with Gasteiger partial charge < -0.3 is 5.11 Å². The summed E-state index contributed by atoms with van der Waals surface area (Å²) < 4.78 is 28.7. The van der Waals surface area contributed by atoms with Crippen LogP contribution in [0.3, 0.4) is 0 Å². The zero-order valence-corrected chi connectivity index (χ0v) is 9.92. The van der Waals surface area contributed by atoms with Crippen LogP contribution in [0.1, 0.15) is 10.4 Å². The summed E-state index contributed by atoms with van der Waals surface area (Å²) in [6, 6.07) is 4.79. The quantitative estimate of drug-likeness (QED) is 0.779. The lowest BCUT2D eigenvalue weighted by Gasteiger charge is -2.04. The van der Waals surface area contributed by atoms with Crippen LogP contribution in [0.15, 0.2) is 36.7 Å².